The summed E-state index contributed by atoms with van der Waals surface area (Å²) in [6.07, 6.45) is -7.92. The van der Waals surface area contributed by atoms with E-state index in [9.17, 15) is 42.9 Å². The largest absolute Gasteiger partial charge is 0.573 e. The molecule has 1 aliphatic heterocycles. The number of carbonyl (C=O) groups excluding carboxylic acids is 3. The molecule has 7 N–H and O–H groups in total. The number of amides is 4. The zero-order valence-electron chi connectivity index (χ0n) is 17.8. The van der Waals surface area contributed by atoms with Gasteiger partial charge in [0.2, 0.25) is 5.91 Å². The predicted molar refractivity (Wildman–Crippen MR) is 109 cm³/mol. The first kappa shape index (κ1) is 25.5. The lowest BCUT2D eigenvalue weighted by atomic mass is 9.77. The van der Waals surface area contributed by atoms with Crippen molar-refractivity contribution in [2.24, 2.45) is 0 Å². The summed E-state index contributed by atoms with van der Waals surface area (Å²) in [5.74, 6) is -1.82. The second-order valence-electron chi connectivity index (χ2n) is 8.23. The molecule has 1 saturated heterocycles. The third kappa shape index (κ3) is 6.48. The van der Waals surface area contributed by atoms with Crippen LogP contribution in [0.25, 0.3) is 0 Å². The van der Waals surface area contributed by atoms with Gasteiger partial charge in [0.15, 0.2) is 0 Å². The third-order valence-electron chi connectivity index (χ3n) is 5.59. The summed E-state index contributed by atoms with van der Waals surface area (Å²) in [5, 5.41) is 41.0. The van der Waals surface area contributed by atoms with Crippen molar-refractivity contribution in [2.45, 2.75) is 61.9 Å². The van der Waals surface area contributed by atoms with Gasteiger partial charge in [-0.1, -0.05) is 0 Å². The Morgan fingerprint density at radius 3 is 2.41 bits per heavy atom. The number of aliphatic hydroxyl groups is 3. The van der Waals surface area contributed by atoms with Crippen LogP contribution in [-0.2, 0) is 9.59 Å². The summed E-state index contributed by atoms with van der Waals surface area (Å²) in [6, 6.07) is 1.23. The number of benzene rings is 1. The van der Waals surface area contributed by atoms with E-state index in [1.54, 1.807) is 0 Å². The molecule has 1 heterocycles. The van der Waals surface area contributed by atoms with Gasteiger partial charge in [-0.2, -0.15) is 0 Å². The van der Waals surface area contributed by atoms with Crippen molar-refractivity contribution in [1.82, 2.24) is 16.0 Å². The van der Waals surface area contributed by atoms with Crippen molar-refractivity contribution in [3.05, 3.63) is 24.3 Å². The van der Waals surface area contributed by atoms with E-state index in [1.165, 1.54) is 0 Å². The molecule has 0 radical (unpaired) electrons. The van der Waals surface area contributed by atoms with E-state index in [2.05, 4.69) is 26.0 Å². The molecule has 4 amide bonds. The highest BCUT2D eigenvalue weighted by Gasteiger charge is 2.49. The third-order valence-corrected chi connectivity index (χ3v) is 5.59. The van der Waals surface area contributed by atoms with Gasteiger partial charge < -0.3 is 41.3 Å². The molecule has 0 unspecified atom stereocenters. The minimum Gasteiger partial charge on any atom is -0.406 e. The number of anilines is 1. The second kappa shape index (κ2) is 10.0. The highest BCUT2D eigenvalue weighted by Crippen LogP contribution is 2.30. The van der Waals surface area contributed by atoms with E-state index in [4.69, 9.17) is 0 Å². The highest BCUT2D eigenvalue weighted by molar-refractivity contribution is 5.92. The molecule has 1 saturated carbocycles. The van der Waals surface area contributed by atoms with E-state index in [-0.39, 0.29) is 5.69 Å². The number of nitrogens with one attached hydrogen (secondary N) is 4. The lowest BCUT2D eigenvalue weighted by Gasteiger charge is -2.42. The van der Waals surface area contributed by atoms with Crippen molar-refractivity contribution >= 4 is 23.5 Å². The van der Waals surface area contributed by atoms with Crippen molar-refractivity contribution < 1.29 is 47.6 Å². The van der Waals surface area contributed by atoms with Gasteiger partial charge in [-0.15, -0.1) is 13.2 Å². The van der Waals surface area contributed by atoms with Crippen LogP contribution < -0.4 is 26.0 Å². The fraction of sp³-hybridized carbons (Fsp3) is 0.550. The van der Waals surface area contributed by atoms with Crippen LogP contribution in [0.1, 0.15) is 25.7 Å². The van der Waals surface area contributed by atoms with Crippen LogP contribution in [0, 0.1) is 0 Å². The van der Waals surface area contributed by atoms with Gasteiger partial charge in [-0.25, -0.2) is 4.79 Å². The molecular weight excluding hydrogens is 465 g/mol. The van der Waals surface area contributed by atoms with Crippen molar-refractivity contribution in [3.63, 3.8) is 0 Å². The number of hydrogen-bond donors (Lipinski definition) is 7. The number of urea groups is 1. The number of aliphatic hydroxyl groups excluding tert-OH is 2. The summed E-state index contributed by atoms with van der Waals surface area (Å²) >= 11 is 0. The normalized spacial score (nSPS) is 29.5. The number of halogens is 3. The molecule has 0 bridgehead atoms. The zero-order valence-corrected chi connectivity index (χ0v) is 17.8. The Bertz CT molecular complexity index is 914. The Morgan fingerprint density at radius 1 is 1.12 bits per heavy atom. The highest BCUT2D eigenvalue weighted by atomic mass is 19.4. The van der Waals surface area contributed by atoms with Crippen molar-refractivity contribution in [3.8, 4) is 5.75 Å². The first-order chi connectivity index (χ1) is 15.9. The number of rotatable bonds is 5. The molecule has 1 aromatic rings. The number of carbonyl (C=O) groups is 3. The fourth-order valence-corrected chi connectivity index (χ4v) is 3.90. The summed E-state index contributed by atoms with van der Waals surface area (Å²) in [5.41, 5.74) is -2.08. The summed E-state index contributed by atoms with van der Waals surface area (Å²) < 4.78 is 40.4. The lowest BCUT2D eigenvalue weighted by molar-refractivity contribution is -0.274. The molecule has 1 aliphatic carbocycles. The average molecular weight is 490 g/mol. The first-order valence-electron chi connectivity index (χ1n) is 10.5. The van der Waals surface area contributed by atoms with E-state index >= 15 is 0 Å². The van der Waals surface area contributed by atoms with Crippen LogP contribution in [0.4, 0.5) is 23.7 Å². The monoisotopic (exact) mass is 490 g/mol. The Hall–Kier alpha value is -3.10. The van der Waals surface area contributed by atoms with Crippen LogP contribution in [0.15, 0.2) is 24.3 Å². The summed E-state index contributed by atoms with van der Waals surface area (Å²) in [6.45, 7) is 0.472. The summed E-state index contributed by atoms with van der Waals surface area (Å²) in [4.78, 5) is 36.9. The molecular formula is C20H25F3N4O7. The van der Waals surface area contributed by atoms with E-state index < -0.39 is 72.7 Å². The fourth-order valence-electron chi connectivity index (χ4n) is 3.90. The minimum atomic E-state index is -4.87. The molecule has 2 fully saturated rings. The van der Waals surface area contributed by atoms with Crippen LogP contribution >= 0.6 is 0 Å². The van der Waals surface area contributed by atoms with Gasteiger partial charge in [0, 0.05) is 25.1 Å². The number of ether oxygens (including phenoxy) is 1. The lowest BCUT2D eigenvalue weighted by Crippen LogP contribution is -2.65. The van der Waals surface area contributed by atoms with E-state index in [1.807, 2.05) is 0 Å². The molecule has 14 heteroatoms. The number of hydrogen-bond acceptors (Lipinski definition) is 7. The van der Waals surface area contributed by atoms with Crippen molar-refractivity contribution in [2.75, 3.05) is 11.9 Å². The van der Waals surface area contributed by atoms with Crippen LogP contribution in [0.2, 0.25) is 0 Å². The van der Waals surface area contributed by atoms with Crippen LogP contribution in [-0.4, -0.2) is 76.0 Å². The SMILES string of the molecule is O=C(Nc1ccc(OC(F)(F)F)cc1)N[C@@H]1C[C@@](O)(C(=O)N[C@@H]2CCCNC2=O)C[C@@H](O)[C@@H]1O. The first-order valence-corrected chi connectivity index (χ1v) is 10.5. The van der Waals surface area contributed by atoms with Gasteiger partial charge >= 0.3 is 12.4 Å². The molecule has 34 heavy (non-hydrogen) atoms. The Morgan fingerprint density at radius 2 is 1.79 bits per heavy atom. The van der Waals surface area contributed by atoms with E-state index in [0.29, 0.717) is 19.4 Å². The van der Waals surface area contributed by atoms with E-state index in [0.717, 1.165) is 24.3 Å². The number of alkyl halides is 3. The Labute approximate surface area is 191 Å². The van der Waals surface area contributed by atoms with Gasteiger partial charge in [-0.05, 0) is 37.1 Å². The molecule has 3 rings (SSSR count). The topological polar surface area (TPSA) is 169 Å². The van der Waals surface area contributed by atoms with Gasteiger partial charge in [0.05, 0.1) is 12.1 Å². The molecule has 0 aromatic heterocycles. The van der Waals surface area contributed by atoms with Gasteiger partial charge in [-0.3, -0.25) is 9.59 Å². The molecule has 5 atom stereocenters. The maximum Gasteiger partial charge on any atom is 0.573 e. The van der Waals surface area contributed by atoms with Gasteiger partial charge in [0.1, 0.15) is 23.5 Å². The quantitative estimate of drug-likeness (QED) is 0.298. The average Bonchev–Trinajstić information content (AvgIpc) is 2.73. The smallest absolute Gasteiger partial charge is 0.406 e. The maximum absolute atomic E-state index is 12.7. The summed E-state index contributed by atoms with van der Waals surface area (Å²) in [7, 11) is 0. The van der Waals surface area contributed by atoms with Crippen molar-refractivity contribution in [1.29, 1.82) is 0 Å². The van der Waals surface area contributed by atoms with Gasteiger partial charge in [0.25, 0.3) is 5.91 Å². The molecule has 11 nitrogen and oxygen atoms in total. The zero-order chi connectivity index (χ0) is 25.1. The molecule has 2 aliphatic rings. The minimum absolute atomic E-state index is 0.0918. The molecule has 188 valence electrons. The Balaban J connectivity index is 1.61. The molecule has 1 aromatic carbocycles. The molecule has 0 spiro atoms. The number of piperidine rings is 1. The van der Waals surface area contributed by atoms with Crippen LogP contribution in [0.3, 0.4) is 0 Å². The Kier molecular flexibility index (Phi) is 7.53. The maximum atomic E-state index is 12.7. The second-order valence-corrected chi connectivity index (χ2v) is 8.23. The van der Waals surface area contributed by atoms with Crippen LogP contribution in [0.5, 0.6) is 5.75 Å². The standard InChI is InChI=1S/C20H25F3N4O7/c21-20(22,23)34-11-5-3-10(4-6-11)25-18(32)27-13-8-19(33,9-14(28)15(13)29)17(31)26-12-2-1-7-24-16(12)30/h3-6,12-15,28-29,33H,1-2,7-9H2,(H,24,30)(H,26,31)(H2,25,27,32)/t12-,13-,14-,15-,19+/m1/s1. The predicted octanol–water partition coefficient (Wildman–Crippen LogP) is -0.283.